The third kappa shape index (κ3) is 5.86. The van der Waals surface area contributed by atoms with Crippen molar-refractivity contribution in [3.8, 4) is 23.0 Å². The number of hydrogen-bond acceptors (Lipinski definition) is 5. The van der Waals surface area contributed by atoms with E-state index in [1.165, 1.54) is 36.4 Å². The zero-order valence-electron chi connectivity index (χ0n) is 18.3. The fraction of sp³-hybridized carbons (Fsp3) is 0.0714. The first-order valence-electron chi connectivity index (χ1n) is 10.6. The standard InChI is InChI=1S/C28H21FO5/c1-19(32-24-15-17-25(18-16-24)33-23-5-3-2-4-6-23)28(31)34-26-13-9-21(10-14-26)27(30)20-7-11-22(29)12-8-20/h2-19H,1H3. The van der Waals surface area contributed by atoms with Gasteiger partial charge in [-0.15, -0.1) is 0 Å². The van der Waals surface area contributed by atoms with Crippen molar-refractivity contribution in [3.05, 3.63) is 120 Å². The molecule has 0 N–H and O–H groups in total. The molecule has 4 aromatic carbocycles. The maximum atomic E-state index is 13.1. The van der Waals surface area contributed by atoms with E-state index in [0.717, 1.165) is 5.75 Å². The molecule has 0 radical (unpaired) electrons. The Morgan fingerprint density at radius 1 is 0.647 bits per heavy atom. The highest BCUT2D eigenvalue weighted by molar-refractivity contribution is 6.09. The van der Waals surface area contributed by atoms with Crippen LogP contribution in [-0.4, -0.2) is 17.9 Å². The molecule has 0 saturated carbocycles. The van der Waals surface area contributed by atoms with Crippen LogP contribution in [0.15, 0.2) is 103 Å². The highest BCUT2D eigenvalue weighted by atomic mass is 19.1. The summed E-state index contributed by atoms with van der Waals surface area (Å²) in [5, 5.41) is 0. The predicted molar refractivity (Wildman–Crippen MR) is 125 cm³/mol. The number of carbonyl (C=O) groups excluding carboxylic acids is 2. The molecule has 0 heterocycles. The second kappa shape index (κ2) is 10.4. The lowest BCUT2D eigenvalue weighted by molar-refractivity contribution is -0.141. The third-order valence-electron chi connectivity index (χ3n) is 4.89. The lowest BCUT2D eigenvalue weighted by Gasteiger charge is -2.14. The minimum atomic E-state index is -0.860. The van der Waals surface area contributed by atoms with E-state index < -0.39 is 17.9 Å². The van der Waals surface area contributed by atoms with Gasteiger partial charge in [0.25, 0.3) is 0 Å². The summed E-state index contributed by atoms with van der Waals surface area (Å²) in [7, 11) is 0. The summed E-state index contributed by atoms with van der Waals surface area (Å²) in [6, 6.07) is 27.7. The molecule has 0 saturated heterocycles. The summed E-state index contributed by atoms with van der Waals surface area (Å²) in [6.07, 6.45) is -0.860. The zero-order chi connectivity index (χ0) is 23.9. The summed E-state index contributed by atoms with van der Waals surface area (Å²) in [5.74, 6) is 0.887. The number of benzene rings is 4. The van der Waals surface area contributed by atoms with Crippen molar-refractivity contribution in [1.29, 1.82) is 0 Å². The van der Waals surface area contributed by atoms with Crippen molar-refractivity contribution in [2.75, 3.05) is 0 Å². The number of hydrogen-bond donors (Lipinski definition) is 0. The highest BCUT2D eigenvalue weighted by Gasteiger charge is 2.18. The normalized spacial score (nSPS) is 11.4. The third-order valence-corrected chi connectivity index (χ3v) is 4.89. The van der Waals surface area contributed by atoms with Crippen LogP contribution in [0.1, 0.15) is 22.8 Å². The first-order chi connectivity index (χ1) is 16.5. The van der Waals surface area contributed by atoms with E-state index in [2.05, 4.69) is 0 Å². The first kappa shape index (κ1) is 22.7. The molecule has 1 atom stereocenters. The van der Waals surface area contributed by atoms with Crippen molar-refractivity contribution in [2.24, 2.45) is 0 Å². The summed E-state index contributed by atoms with van der Waals surface area (Å²) >= 11 is 0. The Hall–Kier alpha value is -4.45. The molecular formula is C28H21FO5. The Morgan fingerprint density at radius 3 is 1.76 bits per heavy atom. The smallest absolute Gasteiger partial charge is 0.352 e. The Morgan fingerprint density at radius 2 is 1.15 bits per heavy atom. The van der Waals surface area contributed by atoms with E-state index in [1.807, 2.05) is 30.3 Å². The SMILES string of the molecule is CC(Oc1ccc(Oc2ccccc2)cc1)C(=O)Oc1ccc(C(=O)c2ccc(F)cc2)cc1. The Labute approximate surface area is 196 Å². The fourth-order valence-corrected chi connectivity index (χ4v) is 3.10. The van der Waals surface area contributed by atoms with Gasteiger partial charge in [0.1, 0.15) is 28.8 Å². The number of esters is 1. The van der Waals surface area contributed by atoms with Crippen molar-refractivity contribution in [3.63, 3.8) is 0 Å². The second-order valence-electron chi connectivity index (χ2n) is 7.43. The summed E-state index contributed by atoms with van der Waals surface area (Å²) < 4.78 is 29.8. The van der Waals surface area contributed by atoms with Gasteiger partial charge in [-0.1, -0.05) is 18.2 Å². The first-order valence-corrected chi connectivity index (χ1v) is 10.6. The van der Waals surface area contributed by atoms with Crippen LogP contribution in [0.3, 0.4) is 0 Å². The molecule has 4 rings (SSSR count). The van der Waals surface area contributed by atoms with E-state index in [0.29, 0.717) is 22.6 Å². The molecule has 0 aromatic heterocycles. The van der Waals surface area contributed by atoms with Crippen LogP contribution < -0.4 is 14.2 Å². The average Bonchev–Trinajstić information content (AvgIpc) is 2.86. The van der Waals surface area contributed by atoms with E-state index >= 15 is 0 Å². The fourth-order valence-electron chi connectivity index (χ4n) is 3.10. The molecule has 4 aromatic rings. The lowest BCUT2D eigenvalue weighted by Crippen LogP contribution is -2.28. The van der Waals surface area contributed by atoms with E-state index in [9.17, 15) is 14.0 Å². The number of rotatable bonds is 8. The Balaban J connectivity index is 1.31. The topological polar surface area (TPSA) is 61.8 Å². The van der Waals surface area contributed by atoms with Crippen LogP contribution in [0, 0.1) is 5.82 Å². The van der Waals surface area contributed by atoms with E-state index in [1.54, 1.807) is 43.3 Å². The molecule has 0 bridgehead atoms. The zero-order valence-corrected chi connectivity index (χ0v) is 18.3. The van der Waals surface area contributed by atoms with Gasteiger partial charge >= 0.3 is 5.97 Å². The van der Waals surface area contributed by atoms with Crippen LogP contribution in [0.5, 0.6) is 23.0 Å². The maximum Gasteiger partial charge on any atom is 0.352 e. The predicted octanol–water partition coefficient (Wildman–Crippen LogP) is 6.22. The summed E-state index contributed by atoms with van der Waals surface area (Å²) in [6.45, 7) is 1.59. The molecule has 0 amide bonds. The number of para-hydroxylation sites is 1. The van der Waals surface area contributed by atoms with Crippen molar-refractivity contribution < 1.29 is 28.2 Å². The van der Waals surface area contributed by atoms with E-state index in [4.69, 9.17) is 14.2 Å². The summed E-state index contributed by atoms with van der Waals surface area (Å²) in [5.41, 5.74) is 0.766. The summed E-state index contributed by atoms with van der Waals surface area (Å²) in [4.78, 5) is 24.9. The van der Waals surface area contributed by atoms with Gasteiger partial charge in [-0.2, -0.15) is 0 Å². The molecule has 170 valence electrons. The molecule has 5 nitrogen and oxygen atoms in total. The van der Waals surface area contributed by atoms with E-state index in [-0.39, 0.29) is 11.5 Å². The minimum absolute atomic E-state index is 0.255. The van der Waals surface area contributed by atoms with Crippen LogP contribution in [0.25, 0.3) is 0 Å². The monoisotopic (exact) mass is 456 g/mol. The number of carbonyl (C=O) groups is 2. The average molecular weight is 456 g/mol. The van der Waals surface area contributed by atoms with Gasteiger partial charge in [0.2, 0.25) is 0 Å². The number of halogens is 1. The van der Waals surface area contributed by atoms with Gasteiger partial charge < -0.3 is 14.2 Å². The van der Waals surface area contributed by atoms with Gasteiger partial charge in [0.15, 0.2) is 11.9 Å². The molecule has 0 aliphatic rings. The van der Waals surface area contributed by atoms with Gasteiger partial charge in [-0.3, -0.25) is 4.79 Å². The minimum Gasteiger partial charge on any atom is -0.479 e. The largest absolute Gasteiger partial charge is 0.479 e. The van der Waals surface area contributed by atoms with Gasteiger partial charge in [0, 0.05) is 11.1 Å². The van der Waals surface area contributed by atoms with Crippen molar-refractivity contribution in [2.45, 2.75) is 13.0 Å². The molecule has 0 fully saturated rings. The second-order valence-corrected chi connectivity index (χ2v) is 7.43. The maximum absolute atomic E-state index is 13.1. The number of ketones is 1. The van der Waals surface area contributed by atoms with Crippen LogP contribution in [0.4, 0.5) is 4.39 Å². The van der Waals surface area contributed by atoms with Gasteiger partial charge in [0.05, 0.1) is 0 Å². The van der Waals surface area contributed by atoms with Gasteiger partial charge in [-0.05, 0) is 91.9 Å². The molecule has 0 spiro atoms. The van der Waals surface area contributed by atoms with Crippen molar-refractivity contribution in [1.82, 2.24) is 0 Å². The Bertz CT molecular complexity index is 1250. The van der Waals surface area contributed by atoms with Gasteiger partial charge in [-0.25, -0.2) is 9.18 Å². The molecule has 0 aliphatic heterocycles. The Kier molecular flexibility index (Phi) is 6.98. The van der Waals surface area contributed by atoms with Crippen LogP contribution >= 0.6 is 0 Å². The number of ether oxygens (including phenoxy) is 3. The quantitative estimate of drug-likeness (QED) is 0.179. The molecule has 34 heavy (non-hydrogen) atoms. The van der Waals surface area contributed by atoms with Crippen LogP contribution in [-0.2, 0) is 4.79 Å². The molecule has 6 heteroatoms. The van der Waals surface area contributed by atoms with Crippen LogP contribution in [0.2, 0.25) is 0 Å². The molecule has 1 unspecified atom stereocenters. The highest BCUT2D eigenvalue weighted by Crippen LogP contribution is 2.24. The lowest BCUT2D eigenvalue weighted by atomic mass is 10.0. The molecular weight excluding hydrogens is 435 g/mol. The van der Waals surface area contributed by atoms with Crippen molar-refractivity contribution >= 4 is 11.8 Å². The molecule has 0 aliphatic carbocycles.